The van der Waals surface area contributed by atoms with E-state index in [0.717, 1.165) is 25.1 Å². The van der Waals surface area contributed by atoms with Gasteiger partial charge < -0.3 is 15.1 Å². The van der Waals surface area contributed by atoms with Gasteiger partial charge >= 0.3 is 0 Å². The lowest BCUT2D eigenvalue weighted by Crippen LogP contribution is -2.55. The first-order chi connectivity index (χ1) is 12.5. The van der Waals surface area contributed by atoms with Crippen LogP contribution < -0.4 is 5.32 Å². The minimum absolute atomic E-state index is 0.0676. The van der Waals surface area contributed by atoms with Crippen molar-refractivity contribution in [3.63, 3.8) is 0 Å². The quantitative estimate of drug-likeness (QED) is 0.770. The first-order valence-electron chi connectivity index (χ1n) is 8.75. The van der Waals surface area contributed by atoms with Gasteiger partial charge in [0.2, 0.25) is 11.8 Å². The minimum Gasteiger partial charge on any atom is -0.356 e. The summed E-state index contributed by atoms with van der Waals surface area (Å²) in [5.41, 5.74) is 0.0676. The number of carbonyl (C=O) groups excluding carboxylic acids is 3. The van der Waals surface area contributed by atoms with E-state index in [9.17, 15) is 23.2 Å². The zero-order chi connectivity index (χ0) is 18.7. The Morgan fingerprint density at radius 1 is 1.19 bits per heavy atom. The number of rotatable bonds is 6. The van der Waals surface area contributed by atoms with Crippen molar-refractivity contribution in [1.82, 2.24) is 15.1 Å². The highest BCUT2D eigenvalue weighted by Crippen LogP contribution is 2.20. The predicted molar refractivity (Wildman–Crippen MR) is 89.2 cm³/mol. The highest BCUT2D eigenvalue weighted by Gasteiger charge is 2.36. The standard InChI is InChI=1S/C18H21F2N3O3/c19-14-5-4-12(9-15(14)20)18(26)23-10-13(11-23)17(25)21-6-2-8-22-7-1-3-16(22)24/h4-5,9,13H,1-3,6-8,10-11H2,(H,21,25). The zero-order valence-corrected chi connectivity index (χ0v) is 14.3. The van der Waals surface area contributed by atoms with Crippen molar-refractivity contribution >= 4 is 17.7 Å². The van der Waals surface area contributed by atoms with Gasteiger partial charge in [-0.25, -0.2) is 8.78 Å². The molecule has 2 heterocycles. The summed E-state index contributed by atoms with van der Waals surface area (Å²) in [5, 5.41) is 2.81. The molecule has 0 unspecified atom stereocenters. The van der Waals surface area contributed by atoms with Gasteiger partial charge in [-0.3, -0.25) is 14.4 Å². The Hall–Kier alpha value is -2.51. The molecule has 0 bridgehead atoms. The summed E-state index contributed by atoms with van der Waals surface area (Å²) in [6.07, 6.45) is 2.20. The lowest BCUT2D eigenvalue weighted by atomic mass is 9.97. The van der Waals surface area contributed by atoms with Crippen LogP contribution in [-0.4, -0.2) is 60.2 Å². The molecule has 0 saturated carbocycles. The Balaban J connectivity index is 1.37. The first kappa shape index (κ1) is 18.3. The summed E-state index contributed by atoms with van der Waals surface area (Å²) in [5.74, 6) is -2.74. The van der Waals surface area contributed by atoms with E-state index in [0.29, 0.717) is 25.9 Å². The van der Waals surface area contributed by atoms with E-state index in [2.05, 4.69) is 5.32 Å². The Morgan fingerprint density at radius 3 is 2.62 bits per heavy atom. The lowest BCUT2D eigenvalue weighted by molar-refractivity contribution is -0.128. The van der Waals surface area contributed by atoms with Crippen LogP contribution in [0, 0.1) is 17.6 Å². The van der Waals surface area contributed by atoms with Crippen molar-refractivity contribution in [2.45, 2.75) is 19.3 Å². The fraction of sp³-hybridized carbons (Fsp3) is 0.500. The van der Waals surface area contributed by atoms with Crippen LogP contribution in [0.1, 0.15) is 29.6 Å². The average Bonchev–Trinajstić information content (AvgIpc) is 2.97. The molecule has 0 aliphatic carbocycles. The molecule has 26 heavy (non-hydrogen) atoms. The molecule has 0 aromatic heterocycles. The van der Waals surface area contributed by atoms with Crippen LogP contribution in [0.2, 0.25) is 0 Å². The molecule has 2 saturated heterocycles. The third-order valence-electron chi connectivity index (χ3n) is 4.78. The van der Waals surface area contributed by atoms with Crippen LogP contribution in [0.3, 0.4) is 0 Å². The predicted octanol–water partition coefficient (Wildman–Crippen LogP) is 1.17. The molecule has 0 atom stereocenters. The molecule has 0 radical (unpaired) electrons. The van der Waals surface area contributed by atoms with Gasteiger partial charge in [-0.15, -0.1) is 0 Å². The molecule has 6 nitrogen and oxygen atoms in total. The minimum atomic E-state index is -1.07. The van der Waals surface area contributed by atoms with Crippen molar-refractivity contribution in [2.75, 3.05) is 32.7 Å². The summed E-state index contributed by atoms with van der Waals surface area (Å²) < 4.78 is 26.1. The Bertz CT molecular complexity index is 720. The summed E-state index contributed by atoms with van der Waals surface area (Å²) in [6, 6.07) is 3.01. The van der Waals surface area contributed by atoms with E-state index in [-0.39, 0.29) is 36.4 Å². The summed E-state index contributed by atoms with van der Waals surface area (Å²) in [6.45, 7) is 2.43. The van der Waals surface area contributed by atoms with E-state index in [1.165, 1.54) is 11.0 Å². The maximum Gasteiger partial charge on any atom is 0.254 e. The monoisotopic (exact) mass is 365 g/mol. The van der Waals surface area contributed by atoms with Crippen LogP contribution >= 0.6 is 0 Å². The molecule has 140 valence electrons. The largest absolute Gasteiger partial charge is 0.356 e. The highest BCUT2D eigenvalue weighted by molar-refractivity contribution is 5.96. The maximum absolute atomic E-state index is 13.2. The number of hydrogen-bond donors (Lipinski definition) is 1. The SMILES string of the molecule is O=C(NCCCN1CCCC1=O)C1CN(C(=O)c2ccc(F)c(F)c2)C1. The van der Waals surface area contributed by atoms with E-state index in [4.69, 9.17) is 0 Å². The molecule has 2 aliphatic rings. The van der Waals surface area contributed by atoms with Gasteiger partial charge in [0, 0.05) is 44.7 Å². The normalized spacial score (nSPS) is 17.4. The number of halogens is 2. The fourth-order valence-corrected chi connectivity index (χ4v) is 3.19. The maximum atomic E-state index is 13.2. The lowest BCUT2D eigenvalue weighted by Gasteiger charge is -2.38. The van der Waals surface area contributed by atoms with Crippen LogP contribution in [0.25, 0.3) is 0 Å². The second-order valence-corrected chi connectivity index (χ2v) is 6.66. The van der Waals surface area contributed by atoms with Crippen LogP contribution in [-0.2, 0) is 9.59 Å². The Kier molecular flexibility index (Phi) is 5.49. The van der Waals surface area contributed by atoms with Crippen LogP contribution in [0.4, 0.5) is 8.78 Å². The second kappa shape index (κ2) is 7.80. The average molecular weight is 365 g/mol. The molecule has 1 aromatic rings. The summed E-state index contributed by atoms with van der Waals surface area (Å²) >= 11 is 0. The smallest absolute Gasteiger partial charge is 0.254 e. The number of nitrogens with zero attached hydrogens (tertiary/aromatic N) is 2. The molecule has 8 heteroatoms. The van der Waals surface area contributed by atoms with Crippen molar-refractivity contribution in [2.24, 2.45) is 5.92 Å². The number of hydrogen-bond acceptors (Lipinski definition) is 3. The molecule has 0 spiro atoms. The molecule has 1 aromatic carbocycles. The van der Waals surface area contributed by atoms with Crippen molar-refractivity contribution in [3.8, 4) is 0 Å². The van der Waals surface area contributed by atoms with Gasteiger partial charge in [-0.1, -0.05) is 0 Å². The van der Waals surface area contributed by atoms with Gasteiger partial charge in [-0.2, -0.15) is 0 Å². The van der Waals surface area contributed by atoms with Gasteiger partial charge in [0.25, 0.3) is 5.91 Å². The van der Waals surface area contributed by atoms with E-state index in [1.54, 1.807) is 4.90 Å². The Labute approximate surface area is 150 Å². The number of amides is 3. The highest BCUT2D eigenvalue weighted by atomic mass is 19.2. The molecule has 2 fully saturated rings. The first-order valence-corrected chi connectivity index (χ1v) is 8.75. The van der Waals surface area contributed by atoms with E-state index < -0.39 is 17.5 Å². The zero-order valence-electron chi connectivity index (χ0n) is 14.3. The van der Waals surface area contributed by atoms with Gasteiger partial charge in [0.1, 0.15) is 0 Å². The van der Waals surface area contributed by atoms with Crippen LogP contribution in [0.5, 0.6) is 0 Å². The molecular formula is C18H21F2N3O3. The van der Waals surface area contributed by atoms with Crippen molar-refractivity contribution < 1.29 is 23.2 Å². The molecule has 3 amide bonds. The van der Waals surface area contributed by atoms with E-state index in [1.807, 2.05) is 0 Å². The van der Waals surface area contributed by atoms with Gasteiger partial charge in [0.15, 0.2) is 11.6 Å². The second-order valence-electron chi connectivity index (χ2n) is 6.66. The molecule has 2 aliphatic heterocycles. The van der Waals surface area contributed by atoms with Crippen molar-refractivity contribution in [1.29, 1.82) is 0 Å². The number of nitrogens with one attached hydrogen (secondary N) is 1. The third-order valence-corrected chi connectivity index (χ3v) is 4.78. The van der Waals surface area contributed by atoms with Crippen molar-refractivity contribution in [3.05, 3.63) is 35.4 Å². The fourth-order valence-electron chi connectivity index (χ4n) is 3.19. The molecular weight excluding hydrogens is 344 g/mol. The molecule has 3 rings (SSSR count). The topological polar surface area (TPSA) is 69.7 Å². The number of carbonyl (C=O) groups is 3. The number of benzene rings is 1. The number of likely N-dealkylation sites (tertiary alicyclic amines) is 2. The van der Waals surface area contributed by atoms with E-state index >= 15 is 0 Å². The van der Waals surface area contributed by atoms with Gasteiger partial charge in [0.05, 0.1) is 5.92 Å². The summed E-state index contributed by atoms with van der Waals surface area (Å²) in [7, 11) is 0. The van der Waals surface area contributed by atoms with Crippen LogP contribution in [0.15, 0.2) is 18.2 Å². The third kappa shape index (κ3) is 4.00. The summed E-state index contributed by atoms with van der Waals surface area (Å²) in [4.78, 5) is 38.9. The van der Waals surface area contributed by atoms with Gasteiger partial charge in [-0.05, 0) is 31.0 Å². The molecule has 1 N–H and O–H groups in total. The Morgan fingerprint density at radius 2 is 1.96 bits per heavy atom.